The van der Waals surface area contributed by atoms with E-state index in [1.165, 1.54) is 5.56 Å². The van der Waals surface area contributed by atoms with Crippen LogP contribution in [0.4, 0.5) is 5.69 Å². The summed E-state index contributed by atoms with van der Waals surface area (Å²) in [7, 11) is 0. The zero-order valence-corrected chi connectivity index (χ0v) is 14.7. The molecule has 2 aromatic rings. The van der Waals surface area contributed by atoms with Gasteiger partial charge in [-0.05, 0) is 54.8 Å². The third-order valence-corrected chi connectivity index (χ3v) is 3.99. The lowest BCUT2D eigenvalue weighted by atomic mass is 10.1. The molecule has 0 aromatic heterocycles. The first-order chi connectivity index (χ1) is 11.0. The maximum Gasteiger partial charge on any atom is 0.251 e. The third-order valence-electron chi connectivity index (χ3n) is 3.50. The molecule has 2 rings (SSSR count). The Labute approximate surface area is 144 Å². The van der Waals surface area contributed by atoms with Gasteiger partial charge in [-0.25, -0.2) is 0 Å². The molecule has 0 unspecified atom stereocenters. The van der Waals surface area contributed by atoms with Crippen LogP contribution in [0.2, 0.25) is 0 Å². The molecule has 0 fully saturated rings. The molecule has 0 aliphatic rings. The first-order valence-electron chi connectivity index (χ1n) is 7.42. The van der Waals surface area contributed by atoms with Crippen LogP contribution >= 0.6 is 15.9 Å². The van der Waals surface area contributed by atoms with Gasteiger partial charge in [0.25, 0.3) is 5.91 Å². The van der Waals surface area contributed by atoms with Crippen LogP contribution in [0.3, 0.4) is 0 Å². The highest BCUT2D eigenvalue weighted by atomic mass is 79.9. The third kappa shape index (κ3) is 4.93. The Bertz CT molecular complexity index is 711. The molecule has 4 nitrogen and oxygen atoms in total. The van der Waals surface area contributed by atoms with Crippen LogP contribution in [0.25, 0.3) is 0 Å². The van der Waals surface area contributed by atoms with Gasteiger partial charge < -0.3 is 10.6 Å². The Balaban J connectivity index is 1.89. The van der Waals surface area contributed by atoms with Gasteiger partial charge in [0.2, 0.25) is 5.91 Å². The molecule has 0 bridgehead atoms. The highest BCUT2D eigenvalue weighted by Gasteiger charge is 2.09. The van der Waals surface area contributed by atoms with E-state index in [-0.39, 0.29) is 18.4 Å². The lowest BCUT2D eigenvalue weighted by Gasteiger charge is -2.10. The Kier molecular flexibility index (Phi) is 5.93. The molecule has 2 aromatic carbocycles. The number of benzene rings is 2. The first-order valence-corrected chi connectivity index (χ1v) is 8.22. The first kappa shape index (κ1) is 17.2. The van der Waals surface area contributed by atoms with Crippen molar-refractivity contribution < 1.29 is 9.59 Å². The Morgan fingerprint density at radius 2 is 1.78 bits per heavy atom. The van der Waals surface area contributed by atoms with Crippen molar-refractivity contribution in [3.63, 3.8) is 0 Å². The van der Waals surface area contributed by atoms with E-state index in [9.17, 15) is 9.59 Å². The predicted molar refractivity (Wildman–Crippen MR) is 95.7 cm³/mol. The second-order valence-electron chi connectivity index (χ2n) is 5.24. The second-order valence-corrected chi connectivity index (χ2v) is 6.16. The molecule has 0 saturated carbocycles. The lowest BCUT2D eigenvalue weighted by molar-refractivity contribution is -0.115. The van der Waals surface area contributed by atoms with Gasteiger partial charge in [-0.15, -0.1) is 0 Å². The summed E-state index contributed by atoms with van der Waals surface area (Å²) in [5.41, 5.74) is 3.41. The molecule has 2 amide bonds. The van der Waals surface area contributed by atoms with Gasteiger partial charge in [-0.3, -0.25) is 9.59 Å². The molecular formula is C18H19BrN2O2. The number of hydrogen-bond acceptors (Lipinski definition) is 2. The smallest absolute Gasteiger partial charge is 0.251 e. The average Bonchev–Trinajstić information content (AvgIpc) is 2.55. The van der Waals surface area contributed by atoms with Crippen molar-refractivity contribution >= 4 is 33.4 Å². The number of carbonyl (C=O) groups excluding carboxylic acids is 2. The molecule has 23 heavy (non-hydrogen) atoms. The van der Waals surface area contributed by atoms with E-state index in [1.807, 2.05) is 37.3 Å². The van der Waals surface area contributed by atoms with Crippen molar-refractivity contribution in [2.45, 2.75) is 20.3 Å². The van der Waals surface area contributed by atoms with Gasteiger partial charge in [0.1, 0.15) is 0 Å². The molecular weight excluding hydrogens is 356 g/mol. The second kappa shape index (κ2) is 7.92. The molecule has 0 atom stereocenters. The lowest BCUT2D eigenvalue weighted by Crippen LogP contribution is -2.33. The Morgan fingerprint density at radius 3 is 2.39 bits per heavy atom. The van der Waals surface area contributed by atoms with Crippen LogP contribution in [0.15, 0.2) is 46.9 Å². The molecule has 5 heteroatoms. The normalized spacial score (nSPS) is 10.2. The molecule has 2 N–H and O–H groups in total. The Hall–Kier alpha value is -2.14. The summed E-state index contributed by atoms with van der Waals surface area (Å²) in [4.78, 5) is 24.0. The maximum atomic E-state index is 12.0. The van der Waals surface area contributed by atoms with E-state index >= 15 is 0 Å². The summed E-state index contributed by atoms with van der Waals surface area (Å²) in [6.45, 7) is 3.90. The van der Waals surface area contributed by atoms with Gasteiger partial charge in [0.05, 0.1) is 6.54 Å². The molecule has 0 spiro atoms. The standard InChI is InChI=1S/C18H19BrN2O2/c1-3-13-4-6-14(7-5-13)18(23)20-11-17(22)21-16-9-8-15(19)10-12(16)2/h4-10H,3,11H2,1-2H3,(H,20,23)(H,21,22). The van der Waals surface area contributed by atoms with E-state index < -0.39 is 0 Å². The number of hydrogen-bond donors (Lipinski definition) is 2. The number of aryl methyl sites for hydroxylation is 2. The molecule has 0 aliphatic heterocycles. The summed E-state index contributed by atoms with van der Waals surface area (Å²) in [5, 5.41) is 5.42. The van der Waals surface area contributed by atoms with Crippen LogP contribution in [-0.2, 0) is 11.2 Å². The molecule has 0 heterocycles. The van der Waals surface area contributed by atoms with Gasteiger partial charge in [0, 0.05) is 15.7 Å². The molecule has 0 aliphatic carbocycles. The van der Waals surface area contributed by atoms with Crippen LogP contribution in [0.1, 0.15) is 28.4 Å². The van der Waals surface area contributed by atoms with Crippen molar-refractivity contribution in [3.05, 3.63) is 63.6 Å². The molecule has 0 saturated heterocycles. The number of rotatable bonds is 5. The monoisotopic (exact) mass is 374 g/mol. The number of amides is 2. The van der Waals surface area contributed by atoms with E-state index in [0.717, 1.165) is 22.1 Å². The highest BCUT2D eigenvalue weighted by Crippen LogP contribution is 2.19. The largest absolute Gasteiger partial charge is 0.343 e. The summed E-state index contributed by atoms with van der Waals surface area (Å²) in [5.74, 6) is -0.510. The summed E-state index contributed by atoms with van der Waals surface area (Å²) < 4.78 is 0.955. The zero-order valence-electron chi connectivity index (χ0n) is 13.2. The van der Waals surface area contributed by atoms with E-state index in [2.05, 4.69) is 33.5 Å². The van der Waals surface area contributed by atoms with Gasteiger partial charge in [0.15, 0.2) is 0 Å². The van der Waals surface area contributed by atoms with Crippen LogP contribution in [0.5, 0.6) is 0 Å². The summed E-state index contributed by atoms with van der Waals surface area (Å²) in [6.07, 6.45) is 0.927. The minimum Gasteiger partial charge on any atom is -0.343 e. The van der Waals surface area contributed by atoms with Gasteiger partial charge in [-0.2, -0.15) is 0 Å². The fraction of sp³-hybridized carbons (Fsp3) is 0.222. The van der Waals surface area contributed by atoms with Gasteiger partial charge >= 0.3 is 0 Å². The number of carbonyl (C=O) groups is 2. The van der Waals surface area contributed by atoms with Crippen LogP contribution < -0.4 is 10.6 Å². The summed E-state index contributed by atoms with van der Waals surface area (Å²) in [6, 6.07) is 13.0. The average molecular weight is 375 g/mol. The van der Waals surface area contributed by atoms with Gasteiger partial charge in [-0.1, -0.05) is 35.0 Å². The van der Waals surface area contributed by atoms with E-state index in [4.69, 9.17) is 0 Å². The quantitative estimate of drug-likeness (QED) is 0.838. The fourth-order valence-corrected chi connectivity index (χ4v) is 2.59. The van der Waals surface area contributed by atoms with Crippen LogP contribution in [-0.4, -0.2) is 18.4 Å². The fourth-order valence-electron chi connectivity index (χ4n) is 2.12. The van der Waals surface area contributed by atoms with Crippen molar-refractivity contribution in [2.75, 3.05) is 11.9 Å². The number of anilines is 1. The van der Waals surface area contributed by atoms with Crippen molar-refractivity contribution in [1.82, 2.24) is 5.32 Å². The number of nitrogens with one attached hydrogen (secondary N) is 2. The van der Waals surface area contributed by atoms with Crippen molar-refractivity contribution in [1.29, 1.82) is 0 Å². The van der Waals surface area contributed by atoms with Crippen LogP contribution in [0, 0.1) is 6.92 Å². The highest BCUT2D eigenvalue weighted by molar-refractivity contribution is 9.10. The van der Waals surface area contributed by atoms with Crippen molar-refractivity contribution in [2.24, 2.45) is 0 Å². The SMILES string of the molecule is CCc1ccc(C(=O)NCC(=O)Nc2ccc(Br)cc2C)cc1. The van der Waals surface area contributed by atoms with Crippen molar-refractivity contribution in [3.8, 4) is 0 Å². The number of halogens is 1. The minimum absolute atomic E-state index is 0.0656. The minimum atomic E-state index is -0.256. The maximum absolute atomic E-state index is 12.0. The zero-order chi connectivity index (χ0) is 16.8. The molecule has 0 radical (unpaired) electrons. The van der Waals surface area contributed by atoms with E-state index in [0.29, 0.717) is 5.56 Å². The topological polar surface area (TPSA) is 58.2 Å². The molecule has 120 valence electrons. The summed E-state index contributed by atoms with van der Waals surface area (Å²) >= 11 is 3.38. The Morgan fingerprint density at radius 1 is 1.09 bits per heavy atom. The van der Waals surface area contributed by atoms with E-state index in [1.54, 1.807) is 12.1 Å². The predicted octanol–water partition coefficient (Wildman–Crippen LogP) is 3.69.